The second-order valence-corrected chi connectivity index (χ2v) is 8.73. The summed E-state index contributed by atoms with van der Waals surface area (Å²) in [5, 5.41) is 15.0. The number of rotatable bonds is 4. The van der Waals surface area contributed by atoms with E-state index in [0.29, 0.717) is 19.9 Å². The third-order valence-corrected chi connectivity index (χ3v) is 6.35. The van der Waals surface area contributed by atoms with Gasteiger partial charge >= 0.3 is 0 Å². The number of aromatic nitrogens is 1. The minimum absolute atomic E-state index is 0.0604. The Morgan fingerprint density at radius 1 is 1.29 bits per heavy atom. The summed E-state index contributed by atoms with van der Waals surface area (Å²) < 4.78 is 2.18. The molecule has 0 bridgehead atoms. The minimum atomic E-state index is -0.448. The van der Waals surface area contributed by atoms with E-state index in [1.807, 2.05) is 23.6 Å². The monoisotopic (exact) mass is 427 g/mol. The number of nitrogens with zero attached hydrogens (tertiary/aromatic N) is 2. The summed E-state index contributed by atoms with van der Waals surface area (Å²) in [6.45, 7) is 0. The third-order valence-electron chi connectivity index (χ3n) is 4.19. The van der Waals surface area contributed by atoms with Gasteiger partial charge in [-0.1, -0.05) is 17.7 Å². The van der Waals surface area contributed by atoms with Crippen molar-refractivity contribution < 1.29 is 4.79 Å². The highest BCUT2D eigenvalue weighted by Crippen LogP contribution is 2.19. The van der Waals surface area contributed by atoms with Crippen LogP contribution in [0.3, 0.4) is 0 Å². The maximum atomic E-state index is 13.1. The van der Waals surface area contributed by atoms with Crippen LogP contribution in [0.15, 0.2) is 46.6 Å². The molecule has 0 saturated heterocycles. The first-order valence-corrected chi connectivity index (χ1v) is 10.6. The third kappa shape index (κ3) is 3.80. The predicted molar refractivity (Wildman–Crippen MR) is 112 cm³/mol. The lowest BCUT2D eigenvalue weighted by atomic mass is 10.3. The Balaban J connectivity index is 1.99. The van der Waals surface area contributed by atoms with Crippen LogP contribution in [0.4, 0.5) is 0 Å². The van der Waals surface area contributed by atoms with Crippen LogP contribution in [0.25, 0.3) is 17.3 Å². The summed E-state index contributed by atoms with van der Waals surface area (Å²) >= 11 is 8.62. The normalized spacial score (nSPS) is 15.2. The highest BCUT2D eigenvalue weighted by Gasteiger charge is 2.26. The standard InChI is InChI=1S/C20H14ClN3O2S2/c21-12-3-7-14(8-4-12)24-19(26)17(10-15-2-1-9-27-15)28-20(24)16(11-22)18(25)23-13-5-6-13/h1-4,7-10,13H,5-6H2,(H,23,25). The lowest BCUT2D eigenvalue weighted by Crippen LogP contribution is -2.34. The molecular weight excluding hydrogens is 414 g/mol. The zero-order valence-electron chi connectivity index (χ0n) is 14.5. The van der Waals surface area contributed by atoms with E-state index in [1.54, 1.807) is 30.3 Å². The molecule has 2 heterocycles. The average Bonchev–Trinajstić information content (AvgIpc) is 3.23. The van der Waals surface area contributed by atoms with Gasteiger partial charge < -0.3 is 5.32 Å². The van der Waals surface area contributed by atoms with Crippen LogP contribution in [0.2, 0.25) is 5.02 Å². The van der Waals surface area contributed by atoms with Crippen molar-refractivity contribution in [2.75, 3.05) is 0 Å². The van der Waals surface area contributed by atoms with Gasteiger partial charge in [-0.3, -0.25) is 14.2 Å². The summed E-state index contributed by atoms with van der Waals surface area (Å²) in [6, 6.07) is 12.6. The zero-order chi connectivity index (χ0) is 19.7. The summed E-state index contributed by atoms with van der Waals surface area (Å²) in [5.41, 5.74) is 0.218. The van der Waals surface area contributed by atoms with Crippen molar-refractivity contribution in [1.29, 1.82) is 5.26 Å². The maximum Gasteiger partial charge on any atom is 0.273 e. The zero-order valence-corrected chi connectivity index (χ0v) is 16.9. The fourth-order valence-electron chi connectivity index (χ4n) is 2.66. The van der Waals surface area contributed by atoms with Gasteiger partial charge in [0, 0.05) is 15.9 Å². The molecule has 1 aliphatic carbocycles. The highest BCUT2D eigenvalue weighted by molar-refractivity contribution is 7.11. The second kappa shape index (κ2) is 7.76. The first-order chi connectivity index (χ1) is 13.6. The summed E-state index contributed by atoms with van der Waals surface area (Å²) in [5.74, 6) is -0.448. The molecule has 0 spiro atoms. The molecule has 140 valence electrons. The lowest BCUT2D eigenvalue weighted by molar-refractivity contribution is -0.115. The molecule has 0 unspecified atom stereocenters. The number of carbonyl (C=O) groups excluding carboxylic acids is 1. The van der Waals surface area contributed by atoms with Crippen molar-refractivity contribution in [2.24, 2.45) is 0 Å². The number of nitrogens with one attached hydrogen (secondary N) is 1. The van der Waals surface area contributed by atoms with Crippen molar-refractivity contribution in [1.82, 2.24) is 9.88 Å². The molecule has 0 aliphatic heterocycles. The van der Waals surface area contributed by atoms with E-state index in [9.17, 15) is 14.9 Å². The predicted octanol–water partition coefficient (Wildman–Crippen LogP) is 2.40. The topological polar surface area (TPSA) is 74.9 Å². The second-order valence-electron chi connectivity index (χ2n) is 6.28. The van der Waals surface area contributed by atoms with Gasteiger partial charge in [0.2, 0.25) is 0 Å². The van der Waals surface area contributed by atoms with Crippen LogP contribution in [-0.2, 0) is 4.79 Å². The molecule has 1 fully saturated rings. The Labute approximate surface area is 173 Å². The van der Waals surface area contributed by atoms with Crippen molar-refractivity contribution in [3.63, 3.8) is 0 Å². The number of carbonyl (C=O) groups is 1. The molecule has 0 radical (unpaired) electrons. The minimum Gasteiger partial charge on any atom is -0.349 e. The Hall–Kier alpha value is -2.66. The van der Waals surface area contributed by atoms with Crippen molar-refractivity contribution >= 4 is 51.8 Å². The van der Waals surface area contributed by atoms with Crippen LogP contribution >= 0.6 is 34.3 Å². The van der Waals surface area contributed by atoms with Gasteiger partial charge in [0.1, 0.15) is 10.7 Å². The number of benzene rings is 1. The number of amides is 1. The molecule has 28 heavy (non-hydrogen) atoms. The number of hydrogen-bond donors (Lipinski definition) is 1. The van der Waals surface area contributed by atoms with Gasteiger partial charge in [0.05, 0.1) is 10.2 Å². The van der Waals surface area contributed by atoms with E-state index in [2.05, 4.69) is 5.32 Å². The molecule has 2 aromatic heterocycles. The molecule has 8 heteroatoms. The van der Waals surface area contributed by atoms with Crippen LogP contribution in [0.1, 0.15) is 17.7 Å². The van der Waals surface area contributed by atoms with Gasteiger partial charge in [-0.15, -0.1) is 22.7 Å². The van der Waals surface area contributed by atoms with E-state index < -0.39 is 5.91 Å². The first-order valence-electron chi connectivity index (χ1n) is 8.55. The number of halogens is 1. The van der Waals surface area contributed by atoms with E-state index in [4.69, 9.17) is 11.6 Å². The molecule has 1 aliphatic rings. The molecule has 5 nitrogen and oxygen atoms in total. The van der Waals surface area contributed by atoms with E-state index in [0.717, 1.165) is 29.1 Å². The largest absolute Gasteiger partial charge is 0.349 e. The number of thiazole rings is 1. The van der Waals surface area contributed by atoms with Crippen LogP contribution in [-0.4, -0.2) is 16.5 Å². The Kier molecular flexibility index (Phi) is 5.18. The van der Waals surface area contributed by atoms with E-state index in [-0.39, 0.29) is 17.2 Å². The van der Waals surface area contributed by atoms with Crippen molar-refractivity contribution in [3.8, 4) is 11.8 Å². The molecule has 1 aromatic carbocycles. The molecular formula is C20H14ClN3O2S2. The van der Waals surface area contributed by atoms with E-state index >= 15 is 0 Å². The van der Waals surface area contributed by atoms with Crippen molar-refractivity contribution in [3.05, 3.63) is 71.2 Å². The number of thiophene rings is 1. The first kappa shape index (κ1) is 18.7. The molecule has 1 saturated carbocycles. The van der Waals surface area contributed by atoms with Gasteiger partial charge in [0.15, 0.2) is 5.57 Å². The maximum absolute atomic E-state index is 13.1. The highest BCUT2D eigenvalue weighted by atomic mass is 35.5. The van der Waals surface area contributed by atoms with E-state index in [1.165, 1.54) is 15.9 Å². The SMILES string of the molecule is N#CC(C(=O)NC1CC1)=c1sc(=Cc2cccs2)c(=O)n1-c1ccc(Cl)cc1. The summed E-state index contributed by atoms with van der Waals surface area (Å²) in [4.78, 5) is 26.7. The molecule has 3 aromatic rings. The van der Waals surface area contributed by atoms with Crippen LogP contribution < -0.4 is 20.1 Å². The number of nitriles is 1. The molecule has 4 rings (SSSR count). The van der Waals surface area contributed by atoms with Crippen molar-refractivity contribution in [2.45, 2.75) is 18.9 Å². The quantitative estimate of drug-likeness (QED) is 0.694. The molecule has 1 N–H and O–H groups in total. The molecule has 0 atom stereocenters. The Morgan fingerprint density at radius 2 is 2.04 bits per heavy atom. The summed E-state index contributed by atoms with van der Waals surface area (Å²) in [6.07, 6.45) is 3.61. The van der Waals surface area contributed by atoms with Gasteiger partial charge in [-0.25, -0.2) is 0 Å². The van der Waals surface area contributed by atoms with Crippen LogP contribution in [0, 0.1) is 11.3 Å². The van der Waals surface area contributed by atoms with Gasteiger partial charge in [-0.2, -0.15) is 5.26 Å². The lowest BCUT2D eigenvalue weighted by Gasteiger charge is -2.05. The fourth-order valence-corrected chi connectivity index (χ4v) is 4.61. The summed E-state index contributed by atoms with van der Waals surface area (Å²) in [7, 11) is 0. The average molecular weight is 428 g/mol. The van der Waals surface area contributed by atoms with Crippen LogP contribution in [0.5, 0.6) is 0 Å². The fraction of sp³-hybridized carbons (Fsp3) is 0.150. The number of hydrogen-bond acceptors (Lipinski definition) is 5. The Bertz CT molecular complexity index is 1240. The Morgan fingerprint density at radius 3 is 2.64 bits per heavy atom. The van der Waals surface area contributed by atoms with Gasteiger partial charge in [0.25, 0.3) is 11.5 Å². The smallest absolute Gasteiger partial charge is 0.273 e. The van der Waals surface area contributed by atoms with Gasteiger partial charge in [-0.05, 0) is 54.6 Å². The molecule has 1 amide bonds.